The quantitative estimate of drug-likeness (QED) is 0.509. The summed E-state index contributed by atoms with van der Waals surface area (Å²) >= 11 is 0. The summed E-state index contributed by atoms with van der Waals surface area (Å²) in [6.07, 6.45) is 0. The molecule has 3 rings (SSSR count). The maximum absolute atomic E-state index is 12.6. The van der Waals surface area contributed by atoms with Crippen LogP contribution in [0.1, 0.15) is 26.3 Å². The van der Waals surface area contributed by atoms with Gasteiger partial charge in [-0.1, -0.05) is 36.4 Å². The van der Waals surface area contributed by atoms with Crippen molar-refractivity contribution < 1.29 is 19.5 Å². The largest absolute Gasteiger partial charge is 0.497 e. The number of methoxy groups -OCH3 is 1. The molecule has 3 aromatic carbocycles. The molecular formula is C22H20N2O4. The Balaban J connectivity index is 1.76. The van der Waals surface area contributed by atoms with Crippen molar-refractivity contribution in [2.24, 2.45) is 5.73 Å². The first-order valence-corrected chi connectivity index (χ1v) is 8.62. The molecule has 3 N–H and O–H groups in total. The van der Waals surface area contributed by atoms with E-state index in [1.165, 1.54) is 0 Å². The molecule has 0 saturated heterocycles. The Labute approximate surface area is 162 Å². The second-order valence-electron chi connectivity index (χ2n) is 6.23. The van der Waals surface area contributed by atoms with Gasteiger partial charge in [-0.15, -0.1) is 0 Å². The second-order valence-corrected chi connectivity index (χ2v) is 6.23. The van der Waals surface area contributed by atoms with Crippen LogP contribution >= 0.6 is 0 Å². The fraction of sp³-hybridized carbons (Fsp3) is 0.0909. The van der Waals surface area contributed by atoms with Gasteiger partial charge in [0.15, 0.2) is 0 Å². The average Bonchev–Trinajstić information content (AvgIpc) is 2.74. The Bertz CT molecular complexity index is 982. The lowest BCUT2D eigenvalue weighted by Gasteiger charge is -2.16. The molecule has 0 unspecified atom stereocenters. The van der Waals surface area contributed by atoms with E-state index < -0.39 is 11.8 Å². The number of carbonyl (C=O) groups is 2. The minimum absolute atomic E-state index is 0.0559. The van der Waals surface area contributed by atoms with Gasteiger partial charge in [0, 0.05) is 11.1 Å². The normalized spacial score (nSPS) is 10.4. The zero-order valence-corrected chi connectivity index (χ0v) is 15.3. The van der Waals surface area contributed by atoms with E-state index in [0.717, 1.165) is 16.7 Å². The van der Waals surface area contributed by atoms with Gasteiger partial charge in [-0.25, -0.2) is 5.06 Å². The van der Waals surface area contributed by atoms with Crippen molar-refractivity contribution in [3.63, 3.8) is 0 Å². The average molecular weight is 376 g/mol. The number of nitrogens with two attached hydrogens (primary N) is 1. The number of nitrogens with zero attached hydrogens (tertiary/aromatic N) is 1. The molecular weight excluding hydrogens is 356 g/mol. The van der Waals surface area contributed by atoms with Gasteiger partial charge < -0.3 is 10.5 Å². The number of carbonyl (C=O) groups excluding carboxylic acids is 2. The summed E-state index contributed by atoms with van der Waals surface area (Å²) in [7, 11) is 1.57. The van der Waals surface area contributed by atoms with Crippen LogP contribution in [-0.2, 0) is 6.54 Å². The molecule has 6 heteroatoms. The van der Waals surface area contributed by atoms with E-state index in [0.29, 0.717) is 21.9 Å². The Hall–Kier alpha value is -3.64. The smallest absolute Gasteiger partial charge is 0.277 e. The molecule has 6 nitrogen and oxygen atoms in total. The molecule has 0 atom stereocenters. The van der Waals surface area contributed by atoms with Gasteiger partial charge in [0.05, 0.1) is 13.7 Å². The first-order chi connectivity index (χ1) is 13.5. The Kier molecular flexibility index (Phi) is 5.72. The molecule has 0 radical (unpaired) electrons. The molecule has 0 aliphatic carbocycles. The number of primary amides is 1. The van der Waals surface area contributed by atoms with Gasteiger partial charge in [0.2, 0.25) is 5.91 Å². The molecule has 0 spiro atoms. The SMILES string of the molecule is COc1ccc(CN(O)C(=O)c2cccc(-c3ccc(C(N)=O)cc3)c2)cc1. The summed E-state index contributed by atoms with van der Waals surface area (Å²) < 4.78 is 5.10. The highest BCUT2D eigenvalue weighted by Crippen LogP contribution is 2.22. The van der Waals surface area contributed by atoms with Crippen LogP contribution in [0.3, 0.4) is 0 Å². The molecule has 0 aromatic heterocycles. The lowest BCUT2D eigenvalue weighted by molar-refractivity contribution is -0.0648. The fourth-order valence-electron chi connectivity index (χ4n) is 2.78. The Morgan fingerprint density at radius 2 is 1.61 bits per heavy atom. The molecule has 142 valence electrons. The summed E-state index contributed by atoms with van der Waals surface area (Å²) in [5.74, 6) is -0.300. The van der Waals surface area contributed by atoms with Crippen LogP contribution in [0.5, 0.6) is 5.75 Å². The number of hydrogen-bond acceptors (Lipinski definition) is 4. The van der Waals surface area contributed by atoms with Crippen molar-refractivity contribution in [2.75, 3.05) is 7.11 Å². The van der Waals surface area contributed by atoms with E-state index in [1.807, 2.05) is 6.07 Å². The van der Waals surface area contributed by atoms with Gasteiger partial charge in [0.1, 0.15) is 5.75 Å². The van der Waals surface area contributed by atoms with Crippen molar-refractivity contribution in [2.45, 2.75) is 6.54 Å². The van der Waals surface area contributed by atoms with Crippen molar-refractivity contribution in [1.82, 2.24) is 5.06 Å². The van der Waals surface area contributed by atoms with Crippen LogP contribution in [0.25, 0.3) is 11.1 Å². The molecule has 0 heterocycles. The third-order valence-electron chi connectivity index (χ3n) is 4.34. The minimum atomic E-state index is -0.508. The zero-order valence-electron chi connectivity index (χ0n) is 15.3. The number of hydrogen-bond donors (Lipinski definition) is 2. The van der Waals surface area contributed by atoms with Gasteiger partial charge >= 0.3 is 0 Å². The van der Waals surface area contributed by atoms with Crippen LogP contribution in [0.4, 0.5) is 0 Å². The Morgan fingerprint density at radius 3 is 2.21 bits per heavy atom. The molecule has 0 aliphatic rings. The second kappa shape index (κ2) is 8.37. The van der Waals surface area contributed by atoms with Crippen LogP contribution in [0.2, 0.25) is 0 Å². The molecule has 28 heavy (non-hydrogen) atoms. The summed E-state index contributed by atoms with van der Waals surface area (Å²) in [6.45, 7) is 0.0559. The maximum atomic E-state index is 12.6. The zero-order chi connectivity index (χ0) is 20.1. The standard InChI is InChI=1S/C22H20N2O4/c1-28-20-11-5-15(6-12-20)14-24(27)22(26)19-4-2-3-18(13-19)16-7-9-17(10-8-16)21(23)25/h2-13,27H,14H2,1H3,(H2,23,25). The summed E-state index contributed by atoms with van der Waals surface area (Å²) in [5.41, 5.74) is 8.42. The van der Waals surface area contributed by atoms with Crippen LogP contribution in [-0.4, -0.2) is 29.2 Å². The summed E-state index contributed by atoms with van der Waals surface area (Å²) in [5, 5.41) is 10.9. The molecule has 0 saturated carbocycles. The van der Waals surface area contributed by atoms with E-state index in [9.17, 15) is 14.8 Å². The number of benzene rings is 3. The third-order valence-corrected chi connectivity index (χ3v) is 4.34. The minimum Gasteiger partial charge on any atom is -0.497 e. The highest BCUT2D eigenvalue weighted by Gasteiger charge is 2.15. The number of amides is 2. The lowest BCUT2D eigenvalue weighted by Crippen LogP contribution is -2.26. The molecule has 0 bridgehead atoms. The monoisotopic (exact) mass is 376 g/mol. The van der Waals surface area contributed by atoms with Crippen LogP contribution in [0, 0.1) is 0 Å². The maximum Gasteiger partial charge on any atom is 0.277 e. The van der Waals surface area contributed by atoms with Crippen molar-refractivity contribution in [1.29, 1.82) is 0 Å². The third kappa shape index (κ3) is 4.36. The van der Waals surface area contributed by atoms with E-state index in [-0.39, 0.29) is 6.54 Å². The van der Waals surface area contributed by atoms with Gasteiger partial charge in [0.25, 0.3) is 5.91 Å². The molecule has 0 aliphatic heterocycles. The first kappa shape index (κ1) is 19.1. The molecule has 2 amide bonds. The van der Waals surface area contributed by atoms with E-state index in [4.69, 9.17) is 10.5 Å². The van der Waals surface area contributed by atoms with Crippen LogP contribution < -0.4 is 10.5 Å². The topological polar surface area (TPSA) is 92.9 Å². The molecule has 0 fully saturated rings. The number of rotatable bonds is 6. The number of hydroxylamine groups is 2. The summed E-state index contributed by atoms with van der Waals surface area (Å²) in [4.78, 5) is 23.8. The predicted molar refractivity (Wildman–Crippen MR) is 105 cm³/mol. The van der Waals surface area contributed by atoms with E-state index in [2.05, 4.69) is 0 Å². The van der Waals surface area contributed by atoms with Crippen LogP contribution in [0.15, 0.2) is 72.8 Å². The summed E-state index contributed by atoms with van der Waals surface area (Å²) in [6, 6.07) is 20.8. The highest BCUT2D eigenvalue weighted by molar-refractivity contribution is 5.95. The van der Waals surface area contributed by atoms with E-state index >= 15 is 0 Å². The van der Waals surface area contributed by atoms with Crippen molar-refractivity contribution in [3.8, 4) is 16.9 Å². The first-order valence-electron chi connectivity index (χ1n) is 8.62. The van der Waals surface area contributed by atoms with Gasteiger partial charge in [-0.05, 0) is 53.1 Å². The number of ether oxygens (including phenoxy) is 1. The lowest BCUT2D eigenvalue weighted by atomic mass is 10.0. The van der Waals surface area contributed by atoms with Gasteiger partial charge in [-0.2, -0.15) is 0 Å². The van der Waals surface area contributed by atoms with E-state index in [1.54, 1.807) is 73.8 Å². The predicted octanol–water partition coefficient (Wildman–Crippen LogP) is 3.49. The highest BCUT2D eigenvalue weighted by atomic mass is 16.5. The Morgan fingerprint density at radius 1 is 0.929 bits per heavy atom. The molecule has 3 aromatic rings. The van der Waals surface area contributed by atoms with Gasteiger partial charge in [-0.3, -0.25) is 14.8 Å². The van der Waals surface area contributed by atoms with Crippen molar-refractivity contribution in [3.05, 3.63) is 89.5 Å². The fourth-order valence-corrected chi connectivity index (χ4v) is 2.78. The van der Waals surface area contributed by atoms with Crippen molar-refractivity contribution >= 4 is 11.8 Å².